The molecule has 0 saturated carbocycles. The quantitative estimate of drug-likeness (QED) is 0.207. The number of nitrogens with zero attached hydrogens (tertiary/aromatic N) is 3. The predicted molar refractivity (Wildman–Crippen MR) is 190 cm³/mol. The second-order valence-corrected chi connectivity index (χ2v) is 11.8. The summed E-state index contributed by atoms with van der Waals surface area (Å²) in [4.78, 5) is 10.6. The van der Waals surface area contributed by atoms with Crippen molar-refractivity contribution in [2.45, 2.75) is 0 Å². The van der Waals surface area contributed by atoms with Crippen LogP contribution in [0.15, 0.2) is 156 Å². The average Bonchev–Trinajstić information content (AvgIpc) is 3.67. The normalized spacial score (nSPS) is 11.9. The molecule has 0 fully saturated rings. The van der Waals surface area contributed by atoms with E-state index >= 15 is 0 Å². The van der Waals surface area contributed by atoms with Gasteiger partial charge in [-0.3, -0.25) is 4.57 Å². The van der Waals surface area contributed by atoms with Crippen molar-refractivity contribution in [1.82, 2.24) is 14.5 Å². The van der Waals surface area contributed by atoms with Gasteiger partial charge < -0.3 is 4.42 Å². The van der Waals surface area contributed by atoms with Gasteiger partial charge in [-0.2, -0.15) is 0 Å². The van der Waals surface area contributed by atoms with Crippen LogP contribution in [0, 0.1) is 0 Å². The minimum atomic E-state index is 0.644. The van der Waals surface area contributed by atoms with Crippen molar-refractivity contribution in [3.8, 4) is 28.3 Å². The molecule has 7 aromatic carbocycles. The maximum atomic E-state index is 6.34. The second-order valence-electron chi connectivity index (χ2n) is 11.8. The number of para-hydroxylation sites is 3. The second kappa shape index (κ2) is 9.62. The fourth-order valence-corrected chi connectivity index (χ4v) is 7.15. The molecule has 0 N–H and O–H groups in total. The van der Waals surface area contributed by atoms with Crippen LogP contribution in [0.2, 0.25) is 0 Å². The standard InChI is InChI=1S/C42H25N3O/c1-2-12-27(13-3-1)40-33-16-6-8-19-35(33)43-42(44-40)45-36-24-22-26-11-4-5-14-29(26)39(36)34-18-10-17-30(41(34)45)28-21-23-32-31-15-7-9-20-37(31)46-38(32)25-28/h1-25H. The summed E-state index contributed by atoms with van der Waals surface area (Å²) in [5.41, 5.74) is 8.96. The van der Waals surface area contributed by atoms with Gasteiger partial charge in [-0.15, -0.1) is 0 Å². The smallest absolute Gasteiger partial charge is 0.235 e. The molecule has 0 aliphatic rings. The van der Waals surface area contributed by atoms with E-state index in [4.69, 9.17) is 14.4 Å². The van der Waals surface area contributed by atoms with Gasteiger partial charge in [-0.25, -0.2) is 9.97 Å². The molecule has 214 valence electrons. The van der Waals surface area contributed by atoms with E-state index in [0.717, 1.165) is 71.6 Å². The fourth-order valence-electron chi connectivity index (χ4n) is 7.15. The number of hydrogen-bond donors (Lipinski definition) is 0. The van der Waals surface area contributed by atoms with Crippen LogP contribution in [0.1, 0.15) is 0 Å². The van der Waals surface area contributed by atoms with Gasteiger partial charge in [0.05, 0.1) is 22.2 Å². The highest BCUT2D eigenvalue weighted by atomic mass is 16.3. The number of benzene rings is 7. The van der Waals surface area contributed by atoms with Gasteiger partial charge in [-0.1, -0.05) is 121 Å². The summed E-state index contributed by atoms with van der Waals surface area (Å²) in [6.45, 7) is 0. The maximum absolute atomic E-state index is 6.34. The summed E-state index contributed by atoms with van der Waals surface area (Å²) < 4.78 is 8.60. The number of furan rings is 1. The Balaban J connectivity index is 1.35. The van der Waals surface area contributed by atoms with Crippen molar-refractivity contribution in [3.05, 3.63) is 152 Å². The predicted octanol–water partition coefficient (Wildman–Crippen LogP) is 11.1. The van der Waals surface area contributed by atoms with E-state index in [-0.39, 0.29) is 0 Å². The summed E-state index contributed by atoms with van der Waals surface area (Å²) in [6.07, 6.45) is 0. The Morgan fingerprint density at radius 1 is 0.478 bits per heavy atom. The summed E-state index contributed by atoms with van der Waals surface area (Å²) in [6, 6.07) is 53.0. The van der Waals surface area contributed by atoms with E-state index in [2.05, 4.69) is 132 Å². The first-order chi connectivity index (χ1) is 22.8. The maximum Gasteiger partial charge on any atom is 0.235 e. The van der Waals surface area contributed by atoms with Crippen LogP contribution in [0.4, 0.5) is 0 Å². The number of hydrogen-bond acceptors (Lipinski definition) is 3. The van der Waals surface area contributed by atoms with Crippen LogP contribution >= 0.6 is 0 Å². The molecule has 0 aliphatic carbocycles. The van der Waals surface area contributed by atoms with Crippen LogP contribution < -0.4 is 0 Å². The Morgan fingerprint density at radius 3 is 2.13 bits per heavy atom. The van der Waals surface area contributed by atoms with Gasteiger partial charge in [0.15, 0.2) is 0 Å². The van der Waals surface area contributed by atoms with Crippen molar-refractivity contribution in [1.29, 1.82) is 0 Å². The number of rotatable bonds is 3. The van der Waals surface area contributed by atoms with E-state index in [0.29, 0.717) is 5.95 Å². The molecule has 0 unspecified atom stereocenters. The number of fused-ring (bicyclic) bond motifs is 9. The van der Waals surface area contributed by atoms with Gasteiger partial charge in [0.25, 0.3) is 0 Å². The zero-order valence-corrected chi connectivity index (χ0v) is 24.7. The molecule has 3 aromatic heterocycles. The first-order valence-corrected chi connectivity index (χ1v) is 15.5. The molecule has 0 radical (unpaired) electrons. The van der Waals surface area contributed by atoms with Crippen LogP contribution in [-0.4, -0.2) is 14.5 Å². The van der Waals surface area contributed by atoms with E-state index in [1.807, 2.05) is 24.3 Å². The molecule has 46 heavy (non-hydrogen) atoms. The molecular formula is C42H25N3O. The molecule has 10 rings (SSSR count). The highest BCUT2D eigenvalue weighted by molar-refractivity contribution is 6.23. The van der Waals surface area contributed by atoms with E-state index in [9.17, 15) is 0 Å². The Kier molecular flexibility index (Phi) is 5.25. The molecule has 10 aromatic rings. The third-order valence-corrected chi connectivity index (χ3v) is 9.21. The molecule has 3 heterocycles. The van der Waals surface area contributed by atoms with Crippen LogP contribution in [0.3, 0.4) is 0 Å². The van der Waals surface area contributed by atoms with Crippen molar-refractivity contribution in [2.24, 2.45) is 0 Å². The lowest BCUT2D eigenvalue weighted by molar-refractivity contribution is 0.669. The van der Waals surface area contributed by atoms with Gasteiger partial charge in [-0.05, 0) is 46.7 Å². The summed E-state index contributed by atoms with van der Waals surface area (Å²) in [5, 5.41) is 8.03. The molecular weight excluding hydrogens is 562 g/mol. The zero-order chi connectivity index (χ0) is 30.2. The highest BCUT2D eigenvalue weighted by Gasteiger charge is 2.22. The largest absolute Gasteiger partial charge is 0.456 e. The molecule has 0 atom stereocenters. The van der Waals surface area contributed by atoms with Gasteiger partial charge in [0.1, 0.15) is 11.2 Å². The van der Waals surface area contributed by atoms with Crippen molar-refractivity contribution >= 4 is 65.4 Å². The third kappa shape index (κ3) is 3.61. The topological polar surface area (TPSA) is 43.9 Å². The molecule has 0 aliphatic heterocycles. The minimum absolute atomic E-state index is 0.644. The molecule has 0 saturated heterocycles. The molecule has 0 spiro atoms. The fraction of sp³-hybridized carbons (Fsp3) is 0. The highest BCUT2D eigenvalue weighted by Crippen LogP contribution is 2.42. The molecule has 0 amide bonds. The molecule has 0 bridgehead atoms. The van der Waals surface area contributed by atoms with E-state index in [1.54, 1.807) is 0 Å². The van der Waals surface area contributed by atoms with Crippen molar-refractivity contribution < 1.29 is 4.42 Å². The minimum Gasteiger partial charge on any atom is -0.456 e. The van der Waals surface area contributed by atoms with E-state index in [1.165, 1.54) is 16.2 Å². The van der Waals surface area contributed by atoms with E-state index < -0.39 is 0 Å². The summed E-state index contributed by atoms with van der Waals surface area (Å²) >= 11 is 0. The summed E-state index contributed by atoms with van der Waals surface area (Å²) in [7, 11) is 0. The Morgan fingerprint density at radius 2 is 1.22 bits per heavy atom. The lowest BCUT2D eigenvalue weighted by atomic mass is 9.99. The average molecular weight is 588 g/mol. The van der Waals surface area contributed by atoms with Gasteiger partial charge in [0, 0.05) is 38.1 Å². The van der Waals surface area contributed by atoms with Gasteiger partial charge in [0.2, 0.25) is 5.95 Å². The van der Waals surface area contributed by atoms with Crippen molar-refractivity contribution in [2.75, 3.05) is 0 Å². The van der Waals surface area contributed by atoms with Crippen LogP contribution in [0.5, 0.6) is 0 Å². The lowest BCUT2D eigenvalue weighted by Gasteiger charge is -2.13. The number of aromatic nitrogens is 3. The lowest BCUT2D eigenvalue weighted by Crippen LogP contribution is -2.04. The SMILES string of the molecule is c1ccc(-c2nc(-n3c4ccc5ccccc5c4c4cccc(-c5ccc6c(c5)oc5ccccc56)c43)nc3ccccc23)cc1. The molecule has 4 heteroatoms. The van der Waals surface area contributed by atoms with Crippen molar-refractivity contribution in [3.63, 3.8) is 0 Å². The van der Waals surface area contributed by atoms with Gasteiger partial charge >= 0.3 is 0 Å². The molecule has 4 nitrogen and oxygen atoms in total. The Bertz CT molecular complexity index is 2810. The summed E-state index contributed by atoms with van der Waals surface area (Å²) in [5.74, 6) is 0.644. The zero-order valence-electron chi connectivity index (χ0n) is 24.7. The monoisotopic (exact) mass is 587 g/mol. The Hall–Kier alpha value is -6.26. The first-order valence-electron chi connectivity index (χ1n) is 15.5. The first kappa shape index (κ1) is 25.1. The van der Waals surface area contributed by atoms with Crippen LogP contribution in [0.25, 0.3) is 93.8 Å². The van der Waals surface area contributed by atoms with Crippen LogP contribution in [-0.2, 0) is 0 Å². The third-order valence-electron chi connectivity index (χ3n) is 9.21. The Labute approximate surface area is 263 Å².